The van der Waals surface area contributed by atoms with Gasteiger partial charge in [0.25, 0.3) is 0 Å². The second kappa shape index (κ2) is 5.66. The molecular weight excluding hydrogens is 273 g/mol. The zero-order valence-electron chi connectivity index (χ0n) is 10.9. The number of likely N-dealkylation sites (N-methyl/N-ethyl adjacent to an activating group) is 1. The average Bonchev–Trinajstić information content (AvgIpc) is 2.28. The molecule has 7 heteroatoms. The Kier molecular flexibility index (Phi) is 4.65. The van der Waals surface area contributed by atoms with Crippen molar-refractivity contribution < 1.29 is 22.7 Å². The van der Waals surface area contributed by atoms with Gasteiger partial charge in [-0.15, -0.1) is 0 Å². The van der Waals surface area contributed by atoms with E-state index >= 15 is 0 Å². The lowest BCUT2D eigenvalue weighted by Gasteiger charge is -2.26. The van der Waals surface area contributed by atoms with Gasteiger partial charge in [-0.3, -0.25) is 4.79 Å². The third-order valence-corrected chi connectivity index (χ3v) is 4.62. The van der Waals surface area contributed by atoms with Crippen LogP contribution in [-0.2, 0) is 14.8 Å². The maximum absolute atomic E-state index is 12.8. The minimum Gasteiger partial charge on any atom is -0.480 e. The lowest BCUT2D eigenvalue weighted by atomic mass is 10.1. The first-order chi connectivity index (χ1) is 8.67. The Morgan fingerprint density at radius 1 is 1.26 bits per heavy atom. The Morgan fingerprint density at radius 3 is 2.11 bits per heavy atom. The van der Waals surface area contributed by atoms with Gasteiger partial charge in [0.15, 0.2) is 0 Å². The van der Waals surface area contributed by atoms with Crippen LogP contribution in [0.5, 0.6) is 0 Å². The van der Waals surface area contributed by atoms with Gasteiger partial charge in [0.1, 0.15) is 11.9 Å². The van der Waals surface area contributed by atoms with Crippen LogP contribution in [0.1, 0.15) is 13.8 Å². The predicted octanol–water partition coefficient (Wildman–Crippen LogP) is 1.56. The Bertz CT molecular complexity index is 554. The van der Waals surface area contributed by atoms with E-state index in [1.54, 1.807) is 13.8 Å². The van der Waals surface area contributed by atoms with E-state index in [2.05, 4.69) is 0 Å². The zero-order chi connectivity index (χ0) is 14.8. The highest BCUT2D eigenvalue weighted by Crippen LogP contribution is 2.20. The van der Waals surface area contributed by atoms with E-state index in [9.17, 15) is 17.6 Å². The van der Waals surface area contributed by atoms with E-state index in [-0.39, 0.29) is 4.90 Å². The fourth-order valence-corrected chi connectivity index (χ4v) is 3.23. The van der Waals surface area contributed by atoms with Gasteiger partial charge in [0.2, 0.25) is 10.0 Å². The minimum atomic E-state index is -3.96. The molecular formula is C12H16FNO4S. The van der Waals surface area contributed by atoms with E-state index in [4.69, 9.17) is 5.11 Å². The molecule has 0 aliphatic carbocycles. The molecule has 1 unspecified atom stereocenters. The molecule has 0 aromatic heterocycles. The van der Waals surface area contributed by atoms with Crippen LogP contribution in [-0.4, -0.2) is 36.9 Å². The summed E-state index contributed by atoms with van der Waals surface area (Å²) in [5, 5.41) is 9.10. The number of rotatable bonds is 5. The molecule has 1 N–H and O–H groups in total. The molecule has 1 aromatic rings. The number of aliphatic carboxylic acids is 1. The third kappa shape index (κ3) is 3.30. The molecule has 19 heavy (non-hydrogen) atoms. The highest BCUT2D eigenvalue weighted by molar-refractivity contribution is 7.89. The van der Waals surface area contributed by atoms with Crippen molar-refractivity contribution in [1.82, 2.24) is 4.31 Å². The summed E-state index contributed by atoms with van der Waals surface area (Å²) in [6.45, 7) is 3.24. The quantitative estimate of drug-likeness (QED) is 0.892. The second-order valence-electron chi connectivity index (χ2n) is 4.50. The molecule has 0 heterocycles. The molecule has 0 amide bonds. The Morgan fingerprint density at radius 2 is 1.74 bits per heavy atom. The van der Waals surface area contributed by atoms with Gasteiger partial charge in [-0.2, -0.15) is 4.31 Å². The number of nitrogens with zero attached hydrogens (tertiary/aromatic N) is 1. The summed E-state index contributed by atoms with van der Waals surface area (Å²) >= 11 is 0. The SMILES string of the molecule is CC(C)C(C(=O)O)N(C)S(=O)(=O)c1ccc(F)cc1. The molecule has 0 aliphatic rings. The van der Waals surface area contributed by atoms with Crippen molar-refractivity contribution in [1.29, 1.82) is 0 Å². The van der Waals surface area contributed by atoms with Crippen LogP contribution in [0.25, 0.3) is 0 Å². The highest BCUT2D eigenvalue weighted by Gasteiger charge is 2.34. The van der Waals surface area contributed by atoms with Crippen LogP contribution in [0.3, 0.4) is 0 Å². The maximum Gasteiger partial charge on any atom is 0.322 e. The van der Waals surface area contributed by atoms with E-state index in [0.29, 0.717) is 0 Å². The molecule has 0 aliphatic heterocycles. The third-order valence-electron chi connectivity index (χ3n) is 2.77. The first kappa shape index (κ1) is 15.6. The van der Waals surface area contributed by atoms with Crippen LogP contribution < -0.4 is 0 Å². The van der Waals surface area contributed by atoms with Gasteiger partial charge in [-0.25, -0.2) is 12.8 Å². The summed E-state index contributed by atoms with van der Waals surface area (Å²) in [5.74, 6) is -2.17. The molecule has 0 bridgehead atoms. The van der Waals surface area contributed by atoms with E-state index in [1.165, 1.54) is 7.05 Å². The van der Waals surface area contributed by atoms with Crippen molar-refractivity contribution in [2.45, 2.75) is 24.8 Å². The number of hydrogen-bond donors (Lipinski definition) is 1. The minimum absolute atomic E-state index is 0.136. The maximum atomic E-state index is 12.8. The van der Waals surface area contributed by atoms with Crippen molar-refractivity contribution >= 4 is 16.0 Å². The summed E-state index contributed by atoms with van der Waals surface area (Å²) in [6.07, 6.45) is 0. The monoisotopic (exact) mass is 289 g/mol. The number of carboxylic acid groups (broad SMARTS) is 1. The first-order valence-corrected chi connectivity index (χ1v) is 7.08. The van der Waals surface area contributed by atoms with Gasteiger partial charge < -0.3 is 5.11 Å². The van der Waals surface area contributed by atoms with Gasteiger partial charge >= 0.3 is 5.97 Å². The Balaban J connectivity index is 3.19. The fraction of sp³-hybridized carbons (Fsp3) is 0.417. The van der Waals surface area contributed by atoms with Crippen molar-refractivity contribution in [3.63, 3.8) is 0 Å². The van der Waals surface area contributed by atoms with Crippen LogP contribution in [0.15, 0.2) is 29.2 Å². The summed E-state index contributed by atoms with van der Waals surface area (Å²) in [7, 11) is -2.75. The van der Waals surface area contributed by atoms with E-state index in [0.717, 1.165) is 28.6 Å². The number of halogens is 1. The molecule has 0 spiro atoms. The molecule has 0 saturated carbocycles. The number of carbonyl (C=O) groups is 1. The van der Waals surface area contributed by atoms with Crippen molar-refractivity contribution in [3.8, 4) is 0 Å². The second-order valence-corrected chi connectivity index (χ2v) is 6.50. The molecule has 106 valence electrons. The van der Waals surface area contributed by atoms with Crippen LogP contribution >= 0.6 is 0 Å². The Hall–Kier alpha value is -1.47. The topological polar surface area (TPSA) is 74.7 Å². The molecule has 5 nitrogen and oxygen atoms in total. The van der Waals surface area contributed by atoms with Crippen molar-refractivity contribution in [3.05, 3.63) is 30.1 Å². The van der Waals surface area contributed by atoms with Crippen LogP contribution in [0, 0.1) is 11.7 Å². The number of hydrogen-bond acceptors (Lipinski definition) is 3. The van der Waals surface area contributed by atoms with Crippen molar-refractivity contribution in [2.24, 2.45) is 5.92 Å². The molecule has 1 aromatic carbocycles. The molecule has 0 saturated heterocycles. The van der Waals surface area contributed by atoms with E-state index < -0.39 is 33.8 Å². The molecule has 0 fully saturated rings. The summed E-state index contributed by atoms with van der Waals surface area (Å²) in [5.41, 5.74) is 0. The Labute approximate surface area is 111 Å². The fourth-order valence-electron chi connectivity index (χ4n) is 1.78. The summed E-state index contributed by atoms with van der Waals surface area (Å²) < 4.78 is 38.1. The van der Waals surface area contributed by atoms with E-state index in [1.807, 2.05) is 0 Å². The normalized spacial score (nSPS) is 13.8. The number of carboxylic acids is 1. The smallest absolute Gasteiger partial charge is 0.322 e. The van der Waals surface area contributed by atoms with Gasteiger partial charge in [0.05, 0.1) is 4.90 Å². The van der Waals surface area contributed by atoms with Gasteiger partial charge in [-0.1, -0.05) is 13.8 Å². The van der Waals surface area contributed by atoms with Crippen molar-refractivity contribution in [2.75, 3.05) is 7.05 Å². The van der Waals surface area contributed by atoms with Crippen LogP contribution in [0.4, 0.5) is 4.39 Å². The first-order valence-electron chi connectivity index (χ1n) is 5.64. The predicted molar refractivity (Wildman–Crippen MR) is 67.6 cm³/mol. The molecule has 1 rings (SSSR count). The van der Waals surface area contributed by atoms with Gasteiger partial charge in [0, 0.05) is 7.05 Å². The molecule has 0 radical (unpaired) electrons. The zero-order valence-corrected chi connectivity index (χ0v) is 11.7. The average molecular weight is 289 g/mol. The lowest BCUT2D eigenvalue weighted by Crippen LogP contribution is -2.45. The van der Waals surface area contributed by atoms with Crippen LogP contribution in [0.2, 0.25) is 0 Å². The summed E-state index contributed by atoms with van der Waals surface area (Å²) in [4.78, 5) is 11.0. The van der Waals surface area contributed by atoms with Gasteiger partial charge in [-0.05, 0) is 30.2 Å². The largest absolute Gasteiger partial charge is 0.480 e. The molecule has 1 atom stereocenters. The highest BCUT2D eigenvalue weighted by atomic mass is 32.2. The summed E-state index contributed by atoms with van der Waals surface area (Å²) in [6, 6.07) is 3.09. The number of benzene rings is 1. The lowest BCUT2D eigenvalue weighted by molar-refractivity contribution is -0.142. The standard InChI is InChI=1S/C12H16FNO4S/c1-8(2)11(12(15)16)14(3)19(17,18)10-6-4-9(13)5-7-10/h4-8,11H,1-3H3,(H,15,16). The number of sulfonamides is 1.